The van der Waals surface area contributed by atoms with E-state index in [2.05, 4.69) is 34.0 Å². The van der Waals surface area contributed by atoms with E-state index in [1.54, 1.807) is 12.4 Å². The van der Waals surface area contributed by atoms with E-state index in [9.17, 15) is 4.79 Å². The van der Waals surface area contributed by atoms with Crippen LogP contribution in [0.15, 0.2) is 12.4 Å². The Morgan fingerprint density at radius 3 is 2.60 bits per heavy atom. The van der Waals surface area contributed by atoms with Crippen molar-refractivity contribution < 1.29 is 4.79 Å². The molecule has 5 heteroatoms. The van der Waals surface area contributed by atoms with E-state index in [1.165, 1.54) is 12.8 Å². The summed E-state index contributed by atoms with van der Waals surface area (Å²) in [5, 5.41) is 2.83. The molecule has 1 aromatic heterocycles. The van der Waals surface area contributed by atoms with Crippen LogP contribution in [-0.4, -0.2) is 29.0 Å². The Hall–Kier alpha value is -1.65. The van der Waals surface area contributed by atoms with Gasteiger partial charge < -0.3 is 10.2 Å². The van der Waals surface area contributed by atoms with Crippen LogP contribution < -0.4 is 10.2 Å². The third kappa shape index (κ3) is 4.18. The van der Waals surface area contributed by atoms with Gasteiger partial charge in [-0.2, -0.15) is 0 Å². The summed E-state index contributed by atoms with van der Waals surface area (Å²) in [5.41, 5.74) is 0.681. The predicted octanol–water partition coefficient (Wildman–Crippen LogP) is 2.84. The lowest BCUT2D eigenvalue weighted by molar-refractivity contribution is -0.116. The molecule has 1 saturated heterocycles. The van der Waals surface area contributed by atoms with Gasteiger partial charge in [-0.1, -0.05) is 20.3 Å². The monoisotopic (exact) mass is 276 g/mol. The number of carbonyl (C=O) groups excluding carboxylic acids is 1. The third-order valence-corrected chi connectivity index (χ3v) is 3.75. The molecule has 20 heavy (non-hydrogen) atoms. The van der Waals surface area contributed by atoms with E-state index < -0.39 is 0 Å². The minimum atomic E-state index is 0.0370. The number of aromatic nitrogens is 2. The van der Waals surface area contributed by atoms with Crippen molar-refractivity contribution in [3.05, 3.63) is 12.4 Å². The molecule has 0 aliphatic carbocycles. The molecular formula is C15H24N4O. The molecule has 0 radical (unpaired) electrons. The van der Waals surface area contributed by atoms with Gasteiger partial charge in [0, 0.05) is 19.5 Å². The first-order chi connectivity index (χ1) is 9.69. The SMILES string of the molecule is CCCCC(=O)Nc1cnc(N2CCC(C)CC2)nc1. The van der Waals surface area contributed by atoms with Gasteiger partial charge in [0.05, 0.1) is 18.1 Å². The van der Waals surface area contributed by atoms with E-state index in [0.717, 1.165) is 37.8 Å². The number of nitrogens with zero attached hydrogens (tertiary/aromatic N) is 3. The lowest BCUT2D eigenvalue weighted by Gasteiger charge is -2.30. The topological polar surface area (TPSA) is 58.1 Å². The maximum absolute atomic E-state index is 11.6. The van der Waals surface area contributed by atoms with E-state index >= 15 is 0 Å². The van der Waals surface area contributed by atoms with Crippen molar-refractivity contribution in [2.75, 3.05) is 23.3 Å². The highest BCUT2D eigenvalue weighted by atomic mass is 16.1. The molecule has 1 N–H and O–H groups in total. The maximum atomic E-state index is 11.6. The van der Waals surface area contributed by atoms with Crippen molar-refractivity contribution >= 4 is 17.5 Å². The molecule has 1 aromatic rings. The van der Waals surface area contributed by atoms with Gasteiger partial charge in [-0.05, 0) is 25.2 Å². The average molecular weight is 276 g/mol. The van der Waals surface area contributed by atoms with Crippen LogP contribution in [0.1, 0.15) is 46.0 Å². The van der Waals surface area contributed by atoms with E-state index in [-0.39, 0.29) is 5.91 Å². The molecule has 2 rings (SSSR count). The fraction of sp³-hybridized carbons (Fsp3) is 0.667. The number of carbonyl (C=O) groups is 1. The fourth-order valence-corrected chi connectivity index (χ4v) is 2.32. The van der Waals surface area contributed by atoms with Gasteiger partial charge in [-0.3, -0.25) is 4.79 Å². The van der Waals surface area contributed by atoms with Crippen LogP contribution in [0.5, 0.6) is 0 Å². The summed E-state index contributed by atoms with van der Waals surface area (Å²) >= 11 is 0. The van der Waals surface area contributed by atoms with Crippen LogP contribution in [0.2, 0.25) is 0 Å². The molecule has 1 aliphatic heterocycles. The minimum absolute atomic E-state index is 0.0370. The number of amides is 1. The van der Waals surface area contributed by atoms with Gasteiger partial charge in [0.25, 0.3) is 0 Å². The predicted molar refractivity (Wildman–Crippen MR) is 80.8 cm³/mol. The largest absolute Gasteiger partial charge is 0.341 e. The molecule has 1 fully saturated rings. The Bertz CT molecular complexity index is 424. The molecule has 1 aliphatic rings. The summed E-state index contributed by atoms with van der Waals surface area (Å²) in [4.78, 5) is 22.5. The van der Waals surface area contributed by atoms with Crippen molar-refractivity contribution in [2.24, 2.45) is 5.92 Å². The number of piperidine rings is 1. The van der Waals surface area contributed by atoms with Gasteiger partial charge in [0.15, 0.2) is 0 Å². The molecule has 5 nitrogen and oxygen atoms in total. The maximum Gasteiger partial charge on any atom is 0.225 e. The molecule has 1 amide bonds. The van der Waals surface area contributed by atoms with Gasteiger partial charge in [-0.25, -0.2) is 9.97 Å². The Kier molecular flexibility index (Phi) is 5.32. The molecule has 110 valence electrons. The van der Waals surface area contributed by atoms with Crippen LogP contribution in [0, 0.1) is 5.92 Å². The van der Waals surface area contributed by atoms with Crippen LogP contribution >= 0.6 is 0 Å². The molecule has 0 saturated carbocycles. The second-order valence-corrected chi connectivity index (χ2v) is 5.59. The zero-order valence-electron chi connectivity index (χ0n) is 12.4. The van der Waals surface area contributed by atoms with Crippen LogP contribution in [-0.2, 0) is 4.79 Å². The highest BCUT2D eigenvalue weighted by Crippen LogP contribution is 2.20. The smallest absolute Gasteiger partial charge is 0.225 e. The van der Waals surface area contributed by atoms with Gasteiger partial charge in [0.1, 0.15) is 0 Å². The van der Waals surface area contributed by atoms with Crippen molar-refractivity contribution in [3.63, 3.8) is 0 Å². The fourth-order valence-electron chi connectivity index (χ4n) is 2.32. The average Bonchev–Trinajstić information content (AvgIpc) is 2.47. The second kappa shape index (κ2) is 7.22. The standard InChI is InChI=1S/C15H24N4O/c1-3-4-5-14(20)18-13-10-16-15(17-11-13)19-8-6-12(2)7-9-19/h10-12H,3-9H2,1-2H3,(H,18,20). The van der Waals surface area contributed by atoms with Crippen molar-refractivity contribution in [2.45, 2.75) is 46.0 Å². The highest BCUT2D eigenvalue weighted by molar-refractivity contribution is 5.90. The van der Waals surface area contributed by atoms with Crippen molar-refractivity contribution in [1.82, 2.24) is 9.97 Å². The molecule has 0 bridgehead atoms. The van der Waals surface area contributed by atoms with Gasteiger partial charge in [0.2, 0.25) is 11.9 Å². The number of hydrogen-bond donors (Lipinski definition) is 1. The highest BCUT2D eigenvalue weighted by Gasteiger charge is 2.17. The zero-order valence-corrected chi connectivity index (χ0v) is 12.4. The summed E-state index contributed by atoms with van der Waals surface area (Å²) in [6, 6.07) is 0. The first kappa shape index (κ1) is 14.8. The van der Waals surface area contributed by atoms with E-state index in [4.69, 9.17) is 0 Å². The molecular weight excluding hydrogens is 252 g/mol. The Balaban J connectivity index is 1.88. The lowest BCUT2D eigenvalue weighted by atomic mass is 10.00. The Labute approximate surface area is 120 Å². The molecule has 0 atom stereocenters. The summed E-state index contributed by atoms with van der Waals surface area (Å²) in [7, 11) is 0. The minimum Gasteiger partial charge on any atom is -0.341 e. The first-order valence-electron chi connectivity index (χ1n) is 7.56. The summed E-state index contributed by atoms with van der Waals surface area (Å²) in [6.45, 7) is 6.39. The summed E-state index contributed by atoms with van der Waals surface area (Å²) in [5.74, 6) is 1.60. The quantitative estimate of drug-likeness (QED) is 0.898. The van der Waals surface area contributed by atoms with Crippen LogP contribution in [0.3, 0.4) is 0 Å². The van der Waals surface area contributed by atoms with Gasteiger partial charge in [-0.15, -0.1) is 0 Å². The Morgan fingerprint density at radius 2 is 2.00 bits per heavy atom. The number of hydrogen-bond acceptors (Lipinski definition) is 4. The zero-order chi connectivity index (χ0) is 14.4. The summed E-state index contributed by atoms with van der Waals surface area (Å²) < 4.78 is 0. The molecule has 0 aromatic carbocycles. The number of unbranched alkanes of at least 4 members (excludes halogenated alkanes) is 1. The summed E-state index contributed by atoms with van der Waals surface area (Å²) in [6.07, 6.45) is 8.28. The van der Waals surface area contributed by atoms with Crippen LogP contribution in [0.4, 0.5) is 11.6 Å². The van der Waals surface area contributed by atoms with Gasteiger partial charge >= 0.3 is 0 Å². The Morgan fingerprint density at radius 1 is 1.35 bits per heavy atom. The van der Waals surface area contributed by atoms with Crippen LogP contribution in [0.25, 0.3) is 0 Å². The van der Waals surface area contributed by atoms with Crippen molar-refractivity contribution in [3.8, 4) is 0 Å². The normalized spacial score (nSPS) is 16.2. The van der Waals surface area contributed by atoms with E-state index in [0.29, 0.717) is 12.1 Å². The second-order valence-electron chi connectivity index (χ2n) is 5.59. The number of rotatable bonds is 5. The molecule has 0 spiro atoms. The van der Waals surface area contributed by atoms with Crippen molar-refractivity contribution in [1.29, 1.82) is 0 Å². The number of nitrogens with one attached hydrogen (secondary N) is 1. The van der Waals surface area contributed by atoms with E-state index in [1.807, 2.05) is 0 Å². The molecule has 2 heterocycles. The number of anilines is 2. The first-order valence-corrected chi connectivity index (χ1v) is 7.56. The lowest BCUT2D eigenvalue weighted by Crippen LogP contribution is -2.34. The molecule has 0 unspecified atom stereocenters. The third-order valence-electron chi connectivity index (χ3n) is 3.75.